The van der Waals surface area contributed by atoms with Gasteiger partial charge in [-0.05, 0) is 48.5 Å². The van der Waals surface area contributed by atoms with Crippen LogP contribution in [0, 0.1) is 0 Å². The van der Waals surface area contributed by atoms with Crippen molar-refractivity contribution in [1.82, 2.24) is 4.98 Å². The molecule has 0 aliphatic carbocycles. The molecular weight excluding hydrogens is 466 g/mol. The Morgan fingerprint density at radius 1 is 1.06 bits per heavy atom. The fourth-order valence-corrected chi connectivity index (χ4v) is 5.31. The van der Waals surface area contributed by atoms with E-state index in [9.17, 15) is 13.2 Å². The van der Waals surface area contributed by atoms with Crippen LogP contribution in [0.3, 0.4) is 0 Å². The summed E-state index contributed by atoms with van der Waals surface area (Å²) in [6, 6.07) is 12.3. The highest BCUT2D eigenvalue weighted by Gasteiger charge is 2.20. The van der Waals surface area contributed by atoms with Crippen molar-refractivity contribution in [2.45, 2.75) is 4.21 Å². The number of carbonyl (C=O) groups is 1. The maximum Gasteiger partial charge on any atom is 0.309 e. The normalized spacial score (nSPS) is 12.8. The van der Waals surface area contributed by atoms with E-state index in [-0.39, 0.29) is 22.9 Å². The van der Waals surface area contributed by atoms with Crippen LogP contribution in [0.25, 0.3) is 11.1 Å². The fraction of sp³-hybridized carbons (Fsp3) is 0.0526. The SMILES string of the molecule is O=C(Nc1ccc2oc(NS(=O)(=O)c3ccc(Cl)s3)nc2c1)c1ccc2c(c1)OCO2. The number of nitrogens with one attached hydrogen (secondary N) is 2. The molecule has 1 aliphatic heterocycles. The lowest BCUT2D eigenvalue weighted by Crippen LogP contribution is -2.11. The molecule has 4 aromatic rings. The van der Waals surface area contributed by atoms with E-state index < -0.39 is 10.0 Å². The van der Waals surface area contributed by atoms with E-state index in [1.807, 2.05) is 0 Å². The van der Waals surface area contributed by atoms with Gasteiger partial charge in [0.1, 0.15) is 9.73 Å². The summed E-state index contributed by atoms with van der Waals surface area (Å²) in [5, 5.41) is 2.76. The number of halogens is 1. The second kappa shape index (κ2) is 7.45. The van der Waals surface area contributed by atoms with Crippen molar-refractivity contribution < 1.29 is 27.1 Å². The smallest absolute Gasteiger partial charge is 0.309 e. The number of sulfonamides is 1. The molecule has 2 N–H and O–H groups in total. The lowest BCUT2D eigenvalue weighted by atomic mass is 10.2. The zero-order valence-corrected chi connectivity index (χ0v) is 17.8. The maximum atomic E-state index is 12.5. The number of benzene rings is 2. The molecule has 0 unspecified atom stereocenters. The molecule has 2 aromatic carbocycles. The van der Waals surface area contributed by atoms with Gasteiger partial charge in [0.15, 0.2) is 17.1 Å². The molecule has 0 saturated heterocycles. The highest BCUT2D eigenvalue weighted by Crippen LogP contribution is 2.33. The quantitative estimate of drug-likeness (QED) is 0.439. The molecule has 1 aliphatic rings. The molecule has 0 fully saturated rings. The van der Waals surface area contributed by atoms with Gasteiger partial charge in [0.25, 0.3) is 15.9 Å². The molecular formula is C19H12ClN3O6S2. The lowest BCUT2D eigenvalue weighted by Gasteiger charge is -2.05. The summed E-state index contributed by atoms with van der Waals surface area (Å²) < 4.78 is 43.5. The summed E-state index contributed by atoms with van der Waals surface area (Å²) in [6.45, 7) is 0.120. The van der Waals surface area contributed by atoms with Gasteiger partial charge in [-0.3, -0.25) is 4.79 Å². The molecule has 0 atom stereocenters. The first-order chi connectivity index (χ1) is 14.9. The van der Waals surface area contributed by atoms with Crippen LogP contribution >= 0.6 is 22.9 Å². The van der Waals surface area contributed by atoms with Crippen LogP contribution in [0.1, 0.15) is 10.4 Å². The summed E-state index contributed by atoms with van der Waals surface area (Å²) in [6.07, 6.45) is 0. The van der Waals surface area contributed by atoms with Crippen LogP contribution in [0.5, 0.6) is 11.5 Å². The van der Waals surface area contributed by atoms with Crippen molar-refractivity contribution in [1.29, 1.82) is 0 Å². The lowest BCUT2D eigenvalue weighted by molar-refractivity contribution is 0.102. The average Bonchev–Trinajstić information content (AvgIpc) is 3.45. The number of hydrogen-bond acceptors (Lipinski definition) is 8. The number of amides is 1. The first kappa shape index (κ1) is 19.7. The van der Waals surface area contributed by atoms with E-state index in [2.05, 4.69) is 15.0 Å². The number of thiophene rings is 1. The first-order valence-corrected chi connectivity index (χ1v) is 11.4. The van der Waals surface area contributed by atoms with Crippen molar-refractivity contribution in [3.05, 3.63) is 58.4 Å². The van der Waals surface area contributed by atoms with Gasteiger partial charge in [0.05, 0.1) is 4.34 Å². The maximum absolute atomic E-state index is 12.5. The summed E-state index contributed by atoms with van der Waals surface area (Å²) >= 11 is 6.72. The number of carbonyl (C=O) groups excluding carboxylic acids is 1. The number of rotatable bonds is 5. The summed E-state index contributed by atoms with van der Waals surface area (Å²) in [5.41, 5.74) is 1.57. The van der Waals surface area contributed by atoms with Gasteiger partial charge in [-0.15, -0.1) is 11.3 Å². The Kier molecular flexibility index (Phi) is 4.73. The molecule has 0 spiro atoms. The molecule has 5 rings (SSSR count). The van der Waals surface area contributed by atoms with Crippen molar-refractivity contribution >= 4 is 61.7 Å². The van der Waals surface area contributed by atoms with Gasteiger partial charge < -0.3 is 19.2 Å². The van der Waals surface area contributed by atoms with Gasteiger partial charge in [-0.1, -0.05) is 11.6 Å². The molecule has 0 bridgehead atoms. The van der Waals surface area contributed by atoms with Gasteiger partial charge in [0, 0.05) is 11.3 Å². The molecule has 158 valence electrons. The second-order valence-electron chi connectivity index (χ2n) is 6.39. The zero-order valence-electron chi connectivity index (χ0n) is 15.4. The molecule has 3 heterocycles. The molecule has 1 amide bonds. The molecule has 31 heavy (non-hydrogen) atoms. The predicted molar refractivity (Wildman–Crippen MR) is 115 cm³/mol. The topological polar surface area (TPSA) is 120 Å². The van der Waals surface area contributed by atoms with Crippen LogP contribution in [0.15, 0.2) is 57.2 Å². The van der Waals surface area contributed by atoms with Crippen LogP contribution < -0.4 is 19.5 Å². The number of fused-ring (bicyclic) bond motifs is 2. The summed E-state index contributed by atoms with van der Waals surface area (Å²) in [7, 11) is -3.87. The fourth-order valence-electron chi connectivity index (χ4n) is 2.90. The first-order valence-electron chi connectivity index (χ1n) is 8.77. The van der Waals surface area contributed by atoms with Crippen LogP contribution in [-0.2, 0) is 10.0 Å². The minimum absolute atomic E-state index is 0.0384. The van der Waals surface area contributed by atoms with E-state index in [0.29, 0.717) is 38.2 Å². The van der Waals surface area contributed by atoms with Crippen LogP contribution in [0.2, 0.25) is 4.34 Å². The number of aromatic nitrogens is 1. The number of oxazole rings is 1. The van der Waals surface area contributed by atoms with E-state index in [1.54, 1.807) is 36.4 Å². The van der Waals surface area contributed by atoms with Crippen molar-refractivity contribution in [2.75, 3.05) is 16.8 Å². The van der Waals surface area contributed by atoms with Gasteiger partial charge in [-0.2, -0.15) is 4.98 Å². The van der Waals surface area contributed by atoms with Gasteiger partial charge in [0.2, 0.25) is 6.79 Å². The molecule has 0 saturated carbocycles. The van der Waals surface area contributed by atoms with Crippen molar-refractivity contribution in [2.24, 2.45) is 0 Å². The Balaban J connectivity index is 1.35. The largest absolute Gasteiger partial charge is 0.454 e. The Morgan fingerprint density at radius 3 is 2.71 bits per heavy atom. The second-order valence-corrected chi connectivity index (χ2v) is 10.0. The third-order valence-corrected chi connectivity index (χ3v) is 7.36. The number of nitrogens with zero attached hydrogens (tertiary/aromatic N) is 1. The van der Waals surface area contributed by atoms with Crippen molar-refractivity contribution in [3.63, 3.8) is 0 Å². The summed E-state index contributed by atoms with van der Waals surface area (Å²) in [5.74, 6) is 0.737. The van der Waals surface area contributed by atoms with Crippen LogP contribution in [0.4, 0.5) is 11.7 Å². The number of hydrogen-bond donors (Lipinski definition) is 2. The van der Waals surface area contributed by atoms with Gasteiger partial charge in [-0.25, -0.2) is 13.1 Å². The predicted octanol–water partition coefficient (Wildman–Crippen LogP) is 4.32. The Morgan fingerprint density at radius 2 is 1.90 bits per heavy atom. The van der Waals surface area contributed by atoms with E-state index >= 15 is 0 Å². The van der Waals surface area contributed by atoms with Crippen molar-refractivity contribution in [3.8, 4) is 11.5 Å². The van der Waals surface area contributed by atoms with Crippen LogP contribution in [-0.4, -0.2) is 26.1 Å². The number of anilines is 2. The Bertz CT molecular complexity index is 1430. The molecule has 12 heteroatoms. The highest BCUT2D eigenvalue weighted by atomic mass is 35.5. The minimum Gasteiger partial charge on any atom is -0.454 e. The Hall–Kier alpha value is -3.28. The molecule has 2 aromatic heterocycles. The number of ether oxygens (including phenoxy) is 2. The third kappa shape index (κ3) is 3.90. The monoisotopic (exact) mass is 477 g/mol. The zero-order chi connectivity index (χ0) is 21.6. The highest BCUT2D eigenvalue weighted by molar-refractivity contribution is 7.94. The Labute approximate surface area is 184 Å². The minimum atomic E-state index is -3.87. The van der Waals surface area contributed by atoms with E-state index in [0.717, 1.165) is 11.3 Å². The third-order valence-electron chi connectivity index (χ3n) is 4.32. The molecule has 9 nitrogen and oxygen atoms in total. The van der Waals surface area contributed by atoms with E-state index in [1.165, 1.54) is 12.1 Å². The van der Waals surface area contributed by atoms with Gasteiger partial charge >= 0.3 is 6.01 Å². The average molecular weight is 478 g/mol. The summed E-state index contributed by atoms with van der Waals surface area (Å²) in [4.78, 5) is 16.7. The standard InChI is InChI=1S/C19H12ClN3O6S2/c20-16-5-6-17(30-16)31(25,26)23-19-22-12-8-11(2-4-13(12)29-19)21-18(24)10-1-3-14-15(7-10)28-9-27-14/h1-8H,9H2,(H,21,24)(H,22,23). The molecule has 0 radical (unpaired) electrons. The van der Waals surface area contributed by atoms with E-state index in [4.69, 9.17) is 25.5 Å².